The fourth-order valence-electron chi connectivity index (χ4n) is 1.69. The van der Waals surface area contributed by atoms with Crippen LogP contribution in [0.1, 0.15) is 46.5 Å². The van der Waals surface area contributed by atoms with Gasteiger partial charge in [0.15, 0.2) is 0 Å². The Balaban J connectivity index is 3.70. The number of carboxylic acid groups (broad SMARTS) is 1. The zero-order valence-corrected chi connectivity index (χ0v) is 13.1. The Bertz CT molecular complexity index is 295. The number of hydrogen-bond donors (Lipinski definition) is 3. The number of nitrogens with zero attached hydrogens (tertiary/aromatic N) is 1. The first-order valence-electron chi connectivity index (χ1n) is 7.33. The van der Waals surface area contributed by atoms with E-state index >= 15 is 0 Å². The second kappa shape index (κ2) is 10.5. The zero-order valence-electron chi connectivity index (χ0n) is 13.1. The van der Waals surface area contributed by atoms with E-state index in [1.807, 2.05) is 6.92 Å². The maximum Gasteiger partial charge on any atom is 0.315 e. The zero-order chi connectivity index (χ0) is 15.5. The smallest absolute Gasteiger partial charge is 0.315 e. The third-order valence-corrected chi connectivity index (χ3v) is 3.35. The van der Waals surface area contributed by atoms with Gasteiger partial charge in [-0.05, 0) is 46.7 Å². The average molecular weight is 287 g/mol. The second-order valence-electron chi connectivity index (χ2n) is 5.38. The number of carbonyl (C=O) groups is 2. The summed E-state index contributed by atoms with van der Waals surface area (Å²) in [6, 6.07) is -0.0533. The molecule has 0 fully saturated rings. The van der Waals surface area contributed by atoms with Gasteiger partial charge in [0.05, 0.1) is 6.42 Å². The van der Waals surface area contributed by atoms with Crippen LogP contribution in [-0.4, -0.2) is 54.2 Å². The molecule has 0 bridgehead atoms. The molecular weight excluding hydrogens is 258 g/mol. The van der Waals surface area contributed by atoms with Crippen LogP contribution in [0.3, 0.4) is 0 Å². The van der Waals surface area contributed by atoms with E-state index in [9.17, 15) is 9.59 Å². The Labute approximate surface area is 121 Å². The molecule has 0 aromatic rings. The molecule has 0 spiro atoms. The Morgan fingerprint density at radius 2 is 1.90 bits per heavy atom. The summed E-state index contributed by atoms with van der Waals surface area (Å²) in [5.41, 5.74) is 0. The lowest BCUT2D eigenvalue weighted by Crippen LogP contribution is -2.43. The number of carboxylic acids is 1. The maximum absolute atomic E-state index is 11.6. The molecule has 0 rings (SSSR count). The highest BCUT2D eigenvalue weighted by Gasteiger charge is 2.13. The van der Waals surface area contributed by atoms with Crippen molar-refractivity contribution in [1.82, 2.24) is 15.5 Å². The minimum absolute atomic E-state index is 0.0386. The Kier molecular flexibility index (Phi) is 9.80. The molecule has 0 radical (unpaired) electrons. The van der Waals surface area contributed by atoms with Gasteiger partial charge in [-0.1, -0.05) is 6.92 Å². The van der Waals surface area contributed by atoms with E-state index in [1.54, 1.807) is 0 Å². The number of aliphatic carboxylic acids is 1. The molecule has 0 heterocycles. The van der Waals surface area contributed by atoms with Crippen LogP contribution in [0.25, 0.3) is 0 Å². The number of unbranched alkanes of at least 4 members (excludes halogenated alkanes) is 1. The largest absolute Gasteiger partial charge is 0.481 e. The van der Waals surface area contributed by atoms with Crippen LogP contribution in [0.2, 0.25) is 0 Å². The van der Waals surface area contributed by atoms with Gasteiger partial charge in [0.25, 0.3) is 0 Å². The number of rotatable bonds is 10. The standard InChI is InChI=1S/C14H29N3O3/c1-5-12(10-13(18)19)16-14(20)15-8-6-7-9-17(4)11(2)3/h11-12H,5-10H2,1-4H3,(H,18,19)(H2,15,16,20). The van der Waals surface area contributed by atoms with Crippen molar-refractivity contribution in [2.75, 3.05) is 20.1 Å². The van der Waals surface area contributed by atoms with Gasteiger partial charge >= 0.3 is 12.0 Å². The molecule has 118 valence electrons. The Morgan fingerprint density at radius 3 is 2.40 bits per heavy atom. The second-order valence-corrected chi connectivity index (χ2v) is 5.38. The normalized spacial score (nSPS) is 12.5. The summed E-state index contributed by atoms with van der Waals surface area (Å²) in [4.78, 5) is 24.4. The van der Waals surface area contributed by atoms with E-state index in [1.165, 1.54) is 0 Å². The van der Waals surface area contributed by atoms with E-state index in [4.69, 9.17) is 5.11 Å². The summed E-state index contributed by atoms with van der Waals surface area (Å²) >= 11 is 0. The van der Waals surface area contributed by atoms with Crippen LogP contribution in [-0.2, 0) is 4.79 Å². The summed E-state index contributed by atoms with van der Waals surface area (Å²) in [6.07, 6.45) is 2.52. The Morgan fingerprint density at radius 1 is 1.25 bits per heavy atom. The van der Waals surface area contributed by atoms with Crippen molar-refractivity contribution in [2.45, 2.75) is 58.5 Å². The highest BCUT2D eigenvalue weighted by Crippen LogP contribution is 1.98. The highest BCUT2D eigenvalue weighted by molar-refractivity contribution is 5.75. The lowest BCUT2D eigenvalue weighted by atomic mass is 10.1. The molecule has 0 saturated carbocycles. The summed E-state index contributed by atoms with van der Waals surface area (Å²) in [7, 11) is 2.09. The van der Waals surface area contributed by atoms with E-state index in [0.717, 1.165) is 19.4 Å². The fraction of sp³-hybridized carbons (Fsp3) is 0.857. The third kappa shape index (κ3) is 9.61. The van der Waals surface area contributed by atoms with E-state index in [0.29, 0.717) is 19.0 Å². The van der Waals surface area contributed by atoms with Gasteiger partial charge in [0.2, 0.25) is 0 Å². The topological polar surface area (TPSA) is 81.7 Å². The number of urea groups is 1. The lowest BCUT2D eigenvalue weighted by Gasteiger charge is -2.20. The van der Waals surface area contributed by atoms with Gasteiger partial charge in [0, 0.05) is 18.6 Å². The first kappa shape index (κ1) is 18.7. The van der Waals surface area contributed by atoms with E-state index in [2.05, 4.69) is 36.4 Å². The van der Waals surface area contributed by atoms with Gasteiger partial charge in [-0.2, -0.15) is 0 Å². The number of hydrogen-bond acceptors (Lipinski definition) is 3. The molecule has 1 atom stereocenters. The molecule has 0 saturated heterocycles. The summed E-state index contributed by atoms with van der Waals surface area (Å²) in [5.74, 6) is -0.895. The lowest BCUT2D eigenvalue weighted by molar-refractivity contribution is -0.137. The molecule has 0 aliphatic heterocycles. The molecule has 3 N–H and O–H groups in total. The fourth-order valence-corrected chi connectivity index (χ4v) is 1.69. The first-order valence-corrected chi connectivity index (χ1v) is 7.33. The minimum Gasteiger partial charge on any atom is -0.481 e. The van der Waals surface area contributed by atoms with E-state index in [-0.39, 0.29) is 18.5 Å². The van der Waals surface area contributed by atoms with Gasteiger partial charge in [-0.25, -0.2) is 4.79 Å². The molecule has 6 heteroatoms. The van der Waals surface area contributed by atoms with Crippen LogP contribution >= 0.6 is 0 Å². The predicted octanol–water partition coefficient (Wildman–Crippen LogP) is 1.66. The number of nitrogens with one attached hydrogen (secondary N) is 2. The first-order chi connectivity index (χ1) is 9.36. The van der Waals surface area contributed by atoms with Crippen LogP contribution in [0, 0.1) is 0 Å². The molecule has 0 aliphatic carbocycles. The van der Waals surface area contributed by atoms with Crippen molar-refractivity contribution in [1.29, 1.82) is 0 Å². The van der Waals surface area contributed by atoms with Crippen molar-refractivity contribution < 1.29 is 14.7 Å². The number of amides is 2. The van der Waals surface area contributed by atoms with Crippen LogP contribution in [0.4, 0.5) is 4.79 Å². The SMILES string of the molecule is CCC(CC(=O)O)NC(=O)NCCCCN(C)C(C)C. The molecule has 0 aliphatic rings. The van der Waals surface area contributed by atoms with Crippen molar-refractivity contribution in [3.63, 3.8) is 0 Å². The van der Waals surface area contributed by atoms with Crippen molar-refractivity contribution in [3.8, 4) is 0 Å². The molecule has 2 amide bonds. The molecule has 20 heavy (non-hydrogen) atoms. The molecule has 1 unspecified atom stereocenters. The van der Waals surface area contributed by atoms with Crippen LogP contribution in [0.15, 0.2) is 0 Å². The van der Waals surface area contributed by atoms with Crippen LogP contribution in [0.5, 0.6) is 0 Å². The van der Waals surface area contributed by atoms with Crippen molar-refractivity contribution in [2.24, 2.45) is 0 Å². The highest BCUT2D eigenvalue weighted by atomic mass is 16.4. The molecule has 0 aromatic carbocycles. The van der Waals surface area contributed by atoms with Crippen molar-refractivity contribution in [3.05, 3.63) is 0 Å². The number of carbonyl (C=O) groups excluding carboxylic acids is 1. The Hall–Kier alpha value is -1.30. The van der Waals surface area contributed by atoms with Crippen LogP contribution < -0.4 is 10.6 Å². The molecule has 0 aromatic heterocycles. The van der Waals surface area contributed by atoms with Crippen molar-refractivity contribution >= 4 is 12.0 Å². The summed E-state index contributed by atoms with van der Waals surface area (Å²) < 4.78 is 0. The van der Waals surface area contributed by atoms with Gasteiger partial charge < -0.3 is 20.6 Å². The third-order valence-electron chi connectivity index (χ3n) is 3.35. The summed E-state index contributed by atoms with van der Waals surface area (Å²) in [5, 5.41) is 14.1. The quantitative estimate of drug-likeness (QED) is 0.534. The van der Waals surface area contributed by atoms with E-state index < -0.39 is 5.97 Å². The van der Waals surface area contributed by atoms with Gasteiger partial charge in [0.1, 0.15) is 0 Å². The maximum atomic E-state index is 11.6. The predicted molar refractivity (Wildman–Crippen MR) is 79.9 cm³/mol. The molecule has 6 nitrogen and oxygen atoms in total. The molecular formula is C14H29N3O3. The van der Waals surface area contributed by atoms with Gasteiger partial charge in [-0.15, -0.1) is 0 Å². The average Bonchev–Trinajstić information content (AvgIpc) is 2.36. The summed E-state index contributed by atoms with van der Waals surface area (Å²) in [6.45, 7) is 7.78. The monoisotopic (exact) mass is 287 g/mol. The minimum atomic E-state index is -0.895. The van der Waals surface area contributed by atoms with Gasteiger partial charge in [-0.3, -0.25) is 4.79 Å².